The van der Waals surface area contributed by atoms with E-state index in [1.807, 2.05) is 20.8 Å². The molecule has 0 amide bonds. The maximum atomic E-state index is 11.5. The second-order valence-corrected chi connectivity index (χ2v) is 9.39. The number of nitrogens with zero attached hydrogens (tertiary/aromatic N) is 1. The minimum Gasteiger partial charge on any atom is -0.361 e. The summed E-state index contributed by atoms with van der Waals surface area (Å²) in [6.07, 6.45) is 5.11. The van der Waals surface area contributed by atoms with Crippen LogP contribution in [0, 0.1) is 0 Å². The van der Waals surface area contributed by atoms with E-state index in [0.29, 0.717) is 12.5 Å². The van der Waals surface area contributed by atoms with Gasteiger partial charge in [0.25, 0.3) is 0 Å². The molecule has 156 valence electrons. The Labute approximate surface area is 168 Å². The lowest BCUT2D eigenvalue weighted by atomic mass is 10.1. The molecule has 7 nitrogen and oxygen atoms in total. The average molecular weight is 408 g/mol. The van der Waals surface area contributed by atoms with Crippen LogP contribution in [0.25, 0.3) is 10.9 Å². The van der Waals surface area contributed by atoms with E-state index in [1.165, 1.54) is 22.0 Å². The van der Waals surface area contributed by atoms with E-state index in [1.54, 1.807) is 0 Å². The molecule has 1 aromatic heterocycles. The average Bonchev–Trinajstić information content (AvgIpc) is 3.01. The first-order valence-electron chi connectivity index (χ1n) is 9.74. The van der Waals surface area contributed by atoms with Crippen LogP contribution in [0.5, 0.6) is 0 Å². The molecule has 0 aliphatic carbocycles. The number of rotatable bonds is 9. The van der Waals surface area contributed by atoms with Crippen molar-refractivity contribution in [2.45, 2.75) is 46.1 Å². The summed E-state index contributed by atoms with van der Waals surface area (Å²) in [6.45, 7) is 9.60. The first-order chi connectivity index (χ1) is 13.1. The van der Waals surface area contributed by atoms with Crippen molar-refractivity contribution in [2.24, 2.45) is 4.99 Å². The molecule has 0 radical (unpaired) electrons. The molecule has 0 saturated carbocycles. The van der Waals surface area contributed by atoms with E-state index in [2.05, 4.69) is 56.7 Å². The molecule has 0 saturated heterocycles. The Morgan fingerprint density at radius 3 is 2.57 bits per heavy atom. The Hall–Kier alpha value is -2.06. The van der Waals surface area contributed by atoms with Crippen molar-refractivity contribution in [3.8, 4) is 0 Å². The second kappa shape index (κ2) is 9.43. The fourth-order valence-electron chi connectivity index (χ4n) is 3.24. The van der Waals surface area contributed by atoms with Crippen LogP contribution in [0.15, 0.2) is 29.4 Å². The van der Waals surface area contributed by atoms with Gasteiger partial charge in [0, 0.05) is 35.7 Å². The van der Waals surface area contributed by atoms with Crippen LogP contribution >= 0.6 is 0 Å². The van der Waals surface area contributed by atoms with Crippen LogP contribution in [0.4, 0.5) is 0 Å². The van der Waals surface area contributed by atoms with Crippen molar-refractivity contribution >= 4 is 26.9 Å². The maximum Gasteiger partial charge on any atom is 0.209 e. The van der Waals surface area contributed by atoms with Crippen molar-refractivity contribution in [3.05, 3.63) is 35.5 Å². The van der Waals surface area contributed by atoms with Gasteiger partial charge in [-0.3, -0.25) is 4.99 Å². The van der Waals surface area contributed by atoms with Crippen LogP contribution in [0.2, 0.25) is 0 Å². The molecule has 0 aliphatic rings. The number of aromatic amines is 1. The lowest BCUT2D eigenvalue weighted by Crippen LogP contribution is -2.47. The van der Waals surface area contributed by atoms with Crippen molar-refractivity contribution in [1.82, 2.24) is 20.3 Å². The molecule has 0 fully saturated rings. The molecule has 28 heavy (non-hydrogen) atoms. The largest absolute Gasteiger partial charge is 0.361 e. The second-order valence-electron chi connectivity index (χ2n) is 7.64. The van der Waals surface area contributed by atoms with E-state index in [0.717, 1.165) is 32.2 Å². The van der Waals surface area contributed by atoms with Gasteiger partial charge in [-0.15, -0.1) is 0 Å². The molecule has 1 aromatic carbocycles. The number of fused-ring (bicyclic) bond motifs is 1. The van der Waals surface area contributed by atoms with E-state index < -0.39 is 15.6 Å². The Morgan fingerprint density at radius 2 is 1.93 bits per heavy atom. The lowest BCUT2D eigenvalue weighted by molar-refractivity contribution is 0.464. The predicted octanol–water partition coefficient (Wildman–Crippen LogP) is 2.16. The van der Waals surface area contributed by atoms with E-state index in [-0.39, 0.29) is 0 Å². The van der Waals surface area contributed by atoms with E-state index in [4.69, 9.17) is 0 Å². The molecule has 8 heteroatoms. The summed E-state index contributed by atoms with van der Waals surface area (Å²) in [5.74, 6) is 0.681. The van der Waals surface area contributed by atoms with E-state index >= 15 is 0 Å². The Bertz CT molecular complexity index is 916. The SMILES string of the molecule is CCNC(=NCC(C)(C)NS(C)(=O)=O)NCCc1c[nH]c2c(CC)cccc12. The molecule has 2 aromatic rings. The third-order valence-electron chi connectivity index (χ3n) is 4.39. The quantitative estimate of drug-likeness (QED) is 0.378. The zero-order valence-electron chi connectivity index (χ0n) is 17.5. The van der Waals surface area contributed by atoms with Crippen LogP contribution < -0.4 is 15.4 Å². The van der Waals surface area contributed by atoms with Gasteiger partial charge in [0.05, 0.1) is 12.8 Å². The zero-order chi connectivity index (χ0) is 20.8. The van der Waals surface area contributed by atoms with Crippen LogP contribution in [-0.4, -0.2) is 50.8 Å². The molecule has 0 spiro atoms. The third-order valence-corrected chi connectivity index (χ3v) is 5.32. The van der Waals surface area contributed by atoms with Gasteiger partial charge in [-0.25, -0.2) is 13.1 Å². The fraction of sp³-hybridized carbons (Fsp3) is 0.550. The summed E-state index contributed by atoms with van der Waals surface area (Å²) in [5, 5.41) is 7.81. The molecular weight excluding hydrogens is 374 g/mol. The number of H-pyrrole nitrogens is 1. The Balaban J connectivity index is 2.00. The molecule has 0 bridgehead atoms. The molecule has 4 N–H and O–H groups in total. The summed E-state index contributed by atoms with van der Waals surface area (Å²) >= 11 is 0. The monoisotopic (exact) mass is 407 g/mol. The van der Waals surface area contributed by atoms with Crippen molar-refractivity contribution in [1.29, 1.82) is 0 Å². The van der Waals surface area contributed by atoms with Crippen molar-refractivity contribution in [2.75, 3.05) is 25.9 Å². The van der Waals surface area contributed by atoms with E-state index in [9.17, 15) is 8.42 Å². The summed E-state index contributed by atoms with van der Waals surface area (Å²) in [7, 11) is -3.28. The summed E-state index contributed by atoms with van der Waals surface area (Å²) in [6, 6.07) is 6.41. The zero-order valence-corrected chi connectivity index (χ0v) is 18.3. The van der Waals surface area contributed by atoms with Gasteiger partial charge < -0.3 is 15.6 Å². The highest BCUT2D eigenvalue weighted by Crippen LogP contribution is 2.22. The topological polar surface area (TPSA) is 98.4 Å². The number of hydrogen-bond donors (Lipinski definition) is 4. The van der Waals surface area contributed by atoms with Crippen LogP contribution in [-0.2, 0) is 22.9 Å². The van der Waals surface area contributed by atoms with Gasteiger partial charge in [-0.05, 0) is 44.7 Å². The first-order valence-corrected chi connectivity index (χ1v) is 11.6. The number of benzene rings is 1. The van der Waals surface area contributed by atoms with Crippen LogP contribution in [0.1, 0.15) is 38.8 Å². The Kier molecular flexibility index (Phi) is 7.48. The molecule has 0 unspecified atom stereocenters. The highest BCUT2D eigenvalue weighted by atomic mass is 32.2. The fourth-order valence-corrected chi connectivity index (χ4v) is 4.31. The predicted molar refractivity (Wildman–Crippen MR) is 117 cm³/mol. The number of hydrogen-bond acceptors (Lipinski definition) is 3. The minimum absolute atomic E-state index is 0.336. The minimum atomic E-state index is -3.28. The summed E-state index contributed by atoms with van der Waals surface area (Å²) in [5.41, 5.74) is 3.16. The van der Waals surface area contributed by atoms with Gasteiger partial charge in [-0.1, -0.05) is 25.1 Å². The molecule has 0 aliphatic heterocycles. The number of aliphatic imine (C=N–C) groups is 1. The number of aromatic nitrogens is 1. The van der Waals surface area contributed by atoms with Crippen LogP contribution in [0.3, 0.4) is 0 Å². The molecular formula is C20H33N5O2S. The summed E-state index contributed by atoms with van der Waals surface area (Å²) < 4.78 is 25.6. The molecule has 0 atom stereocenters. The molecule has 1 heterocycles. The summed E-state index contributed by atoms with van der Waals surface area (Å²) in [4.78, 5) is 7.94. The third kappa shape index (κ3) is 6.53. The number of para-hydroxylation sites is 1. The highest BCUT2D eigenvalue weighted by molar-refractivity contribution is 7.88. The van der Waals surface area contributed by atoms with Gasteiger partial charge >= 0.3 is 0 Å². The van der Waals surface area contributed by atoms with Gasteiger partial charge in [0.1, 0.15) is 0 Å². The smallest absolute Gasteiger partial charge is 0.209 e. The normalized spacial score (nSPS) is 13.1. The maximum absolute atomic E-state index is 11.5. The van der Waals surface area contributed by atoms with Crippen molar-refractivity contribution < 1.29 is 8.42 Å². The number of aryl methyl sites for hydroxylation is 1. The highest BCUT2D eigenvalue weighted by Gasteiger charge is 2.21. The molecule has 2 rings (SSSR count). The van der Waals surface area contributed by atoms with Gasteiger partial charge in [-0.2, -0.15) is 0 Å². The standard InChI is InChI=1S/C20H33N5O2S/c1-6-15-9-8-10-17-16(13-23-18(15)17)11-12-22-19(21-7-2)24-14-20(3,4)25-28(5,26)27/h8-10,13,23,25H,6-7,11-12,14H2,1-5H3,(H2,21,22,24). The van der Waals surface area contributed by atoms with Gasteiger partial charge in [0.2, 0.25) is 10.0 Å². The number of guanidine groups is 1. The van der Waals surface area contributed by atoms with Crippen molar-refractivity contribution in [3.63, 3.8) is 0 Å². The lowest BCUT2D eigenvalue weighted by Gasteiger charge is -2.23. The first kappa shape index (κ1) is 22.2. The number of nitrogens with one attached hydrogen (secondary N) is 4. The van der Waals surface area contributed by atoms with Gasteiger partial charge in [0.15, 0.2) is 5.96 Å². The number of sulfonamides is 1. The Morgan fingerprint density at radius 1 is 1.18 bits per heavy atom.